The Labute approximate surface area is 193 Å². The van der Waals surface area contributed by atoms with E-state index in [-0.39, 0.29) is 16.9 Å². The molecule has 3 heterocycles. The van der Waals surface area contributed by atoms with Crippen LogP contribution in [0.15, 0.2) is 54.7 Å². The van der Waals surface area contributed by atoms with Gasteiger partial charge in [-0.3, -0.25) is 9.69 Å². The smallest absolute Gasteiger partial charge is 0.379 e. The summed E-state index contributed by atoms with van der Waals surface area (Å²) < 4.78 is 47.8. The normalized spacial score (nSPS) is 15.1. The number of ether oxygens (including phenoxy) is 1. The third-order valence-corrected chi connectivity index (χ3v) is 5.89. The lowest BCUT2D eigenvalue weighted by Crippen LogP contribution is -2.41. The molecule has 0 saturated carbocycles. The zero-order valence-corrected chi connectivity index (χ0v) is 18.2. The lowest BCUT2D eigenvalue weighted by Gasteiger charge is -2.26. The Morgan fingerprint density at radius 3 is 2.65 bits per heavy atom. The van der Waals surface area contributed by atoms with Crippen LogP contribution in [-0.2, 0) is 10.9 Å². The predicted octanol–water partition coefficient (Wildman–Crippen LogP) is 3.63. The number of carbonyl (C=O) groups excluding carboxylic acids is 1. The van der Waals surface area contributed by atoms with Crippen molar-refractivity contribution in [1.82, 2.24) is 24.8 Å². The number of rotatable bonds is 5. The molecule has 2 aromatic carbocycles. The van der Waals surface area contributed by atoms with Crippen molar-refractivity contribution in [3.63, 3.8) is 0 Å². The standard InChI is InChI=1S/C24H22F3N5O2/c25-24(26,27)21-14-20(18-7-3-5-16-4-1-2-6-17(16)18)30-22-19(15-29-32(21)22)23(33)28-8-9-31-10-12-34-13-11-31/h1-7,14-15H,8-13H2,(H,28,33). The molecule has 5 rings (SSSR count). The fourth-order valence-corrected chi connectivity index (χ4v) is 4.16. The highest BCUT2D eigenvalue weighted by atomic mass is 19.4. The number of benzene rings is 2. The molecule has 0 atom stereocenters. The van der Waals surface area contributed by atoms with E-state index in [1.165, 1.54) is 0 Å². The van der Waals surface area contributed by atoms with Crippen molar-refractivity contribution in [3.8, 4) is 11.3 Å². The molecule has 10 heteroatoms. The molecular formula is C24H22F3N5O2. The minimum atomic E-state index is -4.68. The summed E-state index contributed by atoms with van der Waals surface area (Å²) in [6, 6.07) is 13.7. The minimum absolute atomic E-state index is 0.00503. The van der Waals surface area contributed by atoms with Crippen molar-refractivity contribution in [2.24, 2.45) is 0 Å². The molecule has 7 nitrogen and oxygen atoms in total. The van der Waals surface area contributed by atoms with Crippen molar-refractivity contribution < 1.29 is 22.7 Å². The Bertz CT molecular complexity index is 1340. The summed E-state index contributed by atoms with van der Waals surface area (Å²) in [7, 11) is 0. The van der Waals surface area contributed by atoms with Gasteiger partial charge in [-0.15, -0.1) is 0 Å². The fraction of sp³-hybridized carbons (Fsp3) is 0.292. The molecule has 1 amide bonds. The monoisotopic (exact) mass is 469 g/mol. The topological polar surface area (TPSA) is 71.8 Å². The van der Waals surface area contributed by atoms with Crippen molar-refractivity contribution >= 4 is 22.3 Å². The second kappa shape index (κ2) is 9.03. The van der Waals surface area contributed by atoms with E-state index in [9.17, 15) is 18.0 Å². The third-order valence-electron chi connectivity index (χ3n) is 5.89. The molecule has 1 aliphatic heterocycles. The van der Waals surface area contributed by atoms with E-state index in [0.717, 1.165) is 36.1 Å². The highest BCUT2D eigenvalue weighted by Crippen LogP contribution is 2.34. The van der Waals surface area contributed by atoms with Crippen molar-refractivity contribution in [2.45, 2.75) is 6.18 Å². The molecule has 0 spiro atoms. The van der Waals surface area contributed by atoms with Crippen molar-refractivity contribution in [1.29, 1.82) is 0 Å². The first-order valence-corrected chi connectivity index (χ1v) is 10.9. The Hall–Kier alpha value is -3.50. The number of hydrogen-bond acceptors (Lipinski definition) is 5. The minimum Gasteiger partial charge on any atom is -0.379 e. The first-order chi connectivity index (χ1) is 16.4. The van der Waals surface area contributed by atoms with Gasteiger partial charge in [0.1, 0.15) is 5.56 Å². The second-order valence-corrected chi connectivity index (χ2v) is 8.05. The third kappa shape index (κ3) is 4.34. The lowest BCUT2D eigenvalue weighted by molar-refractivity contribution is -0.142. The number of fused-ring (bicyclic) bond motifs is 2. The molecule has 0 bridgehead atoms. The highest BCUT2D eigenvalue weighted by Gasteiger charge is 2.36. The van der Waals surface area contributed by atoms with Crippen molar-refractivity contribution in [2.75, 3.05) is 39.4 Å². The molecule has 176 valence electrons. The van der Waals surface area contributed by atoms with Crippen LogP contribution >= 0.6 is 0 Å². The van der Waals surface area contributed by atoms with E-state index in [2.05, 4.69) is 20.3 Å². The van der Waals surface area contributed by atoms with Crippen LogP contribution in [0.25, 0.3) is 27.7 Å². The summed E-state index contributed by atoms with van der Waals surface area (Å²) in [4.78, 5) is 19.5. The average Bonchev–Trinajstić information content (AvgIpc) is 3.27. The Balaban J connectivity index is 1.52. The van der Waals surface area contributed by atoms with E-state index in [1.54, 1.807) is 12.1 Å². The largest absolute Gasteiger partial charge is 0.433 e. The van der Waals surface area contributed by atoms with Crippen LogP contribution in [0.3, 0.4) is 0 Å². The predicted molar refractivity (Wildman–Crippen MR) is 121 cm³/mol. The first kappa shape index (κ1) is 22.3. The van der Waals surface area contributed by atoms with Gasteiger partial charge in [0, 0.05) is 31.7 Å². The van der Waals surface area contributed by atoms with Crippen LogP contribution in [0.5, 0.6) is 0 Å². The molecule has 0 radical (unpaired) electrons. The maximum Gasteiger partial charge on any atom is 0.433 e. The number of alkyl halides is 3. The van der Waals surface area contributed by atoms with E-state index in [1.807, 2.05) is 30.3 Å². The summed E-state index contributed by atoms with van der Waals surface area (Å²) >= 11 is 0. The van der Waals surface area contributed by atoms with Gasteiger partial charge in [-0.2, -0.15) is 18.3 Å². The Kier molecular flexibility index (Phi) is 5.93. The first-order valence-electron chi connectivity index (χ1n) is 10.9. The molecule has 2 aromatic heterocycles. The van der Waals surface area contributed by atoms with Crippen molar-refractivity contribution in [3.05, 3.63) is 66.0 Å². The van der Waals surface area contributed by atoms with Gasteiger partial charge in [-0.25, -0.2) is 9.50 Å². The van der Waals surface area contributed by atoms with Gasteiger partial charge in [0.15, 0.2) is 11.3 Å². The van der Waals surface area contributed by atoms with E-state index in [0.29, 0.717) is 36.4 Å². The van der Waals surface area contributed by atoms with Gasteiger partial charge in [-0.1, -0.05) is 42.5 Å². The lowest BCUT2D eigenvalue weighted by atomic mass is 10.0. The number of halogens is 3. The zero-order valence-electron chi connectivity index (χ0n) is 18.2. The SMILES string of the molecule is O=C(NCCN1CCOCC1)c1cnn2c(C(F)(F)F)cc(-c3cccc4ccccc34)nc12. The molecule has 0 unspecified atom stereocenters. The number of nitrogens with one attached hydrogen (secondary N) is 1. The van der Waals surface area contributed by atoms with Gasteiger partial charge in [0.05, 0.1) is 25.1 Å². The summed E-state index contributed by atoms with van der Waals surface area (Å²) in [6.45, 7) is 3.81. The molecule has 1 N–H and O–H groups in total. The van der Waals surface area contributed by atoms with Crippen LogP contribution in [0.2, 0.25) is 0 Å². The summed E-state index contributed by atoms with van der Waals surface area (Å²) in [5.41, 5.74) is -0.463. The summed E-state index contributed by atoms with van der Waals surface area (Å²) in [6.07, 6.45) is -3.55. The number of hydrogen-bond donors (Lipinski definition) is 1. The number of nitrogens with zero attached hydrogens (tertiary/aromatic N) is 4. The Morgan fingerprint density at radius 2 is 1.85 bits per heavy atom. The Morgan fingerprint density at radius 1 is 1.09 bits per heavy atom. The molecule has 1 saturated heterocycles. The fourth-order valence-electron chi connectivity index (χ4n) is 4.16. The van der Waals surface area contributed by atoms with E-state index < -0.39 is 17.8 Å². The van der Waals surface area contributed by atoms with Crippen LogP contribution in [0, 0.1) is 0 Å². The number of morpholine rings is 1. The van der Waals surface area contributed by atoms with E-state index in [4.69, 9.17) is 4.74 Å². The number of amides is 1. The quantitative estimate of drug-likeness (QED) is 0.483. The number of aromatic nitrogens is 3. The summed E-state index contributed by atoms with van der Waals surface area (Å²) in [5.74, 6) is -0.515. The molecular weight excluding hydrogens is 447 g/mol. The second-order valence-electron chi connectivity index (χ2n) is 8.05. The van der Waals surface area contributed by atoms with Crippen LogP contribution in [0.1, 0.15) is 16.1 Å². The zero-order chi connectivity index (χ0) is 23.7. The van der Waals surface area contributed by atoms with Crippen LogP contribution in [0.4, 0.5) is 13.2 Å². The van der Waals surface area contributed by atoms with Gasteiger partial charge in [0.2, 0.25) is 0 Å². The molecule has 4 aromatic rings. The maximum atomic E-state index is 13.9. The maximum absolute atomic E-state index is 13.9. The molecule has 1 aliphatic rings. The van der Waals surface area contributed by atoms with Gasteiger partial charge in [-0.05, 0) is 16.8 Å². The van der Waals surface area contributed by atoms with Crippen LogP contribution < -0.4 is 5.32 Å². The van der Waals surface area contributed by atoms with Crippen LogP contribution in [-0.4, -0.2) is 64.8 Å². The van der Waals surface area contributed by atoms with Gasteiger partial charge >= 0.3 is 6.18 Å². The summed E-state index contributed by atoms with van der Waals surface area (Å²) in [5, 5.41) is 8.27. The molecule has 34 heavy (non-hydrogen) atoms. The highest BCUT2D eigenvalue weighted by molar-refractivity contribution is 6.00. The average molecular weight is 469 g/mol. The number of carbonyl (C=O) groups is 1. The molecule has 0 aliphatic carbocycles. The van der Waals surface area contributed by atoms with E-state index >= 15 is 0 Å². The molecule has 1 fully saturated rings. The van der Waals surface area contributed by atoms with Gasteiger partial charge in [0.25, 0.3) is 5.91 Å². The van der Waals surface area contributed by atoms with Gasteiger partial charge < -0.3 is 10.1 Å².